The molecule has 92 valence electrons. The summed E-state index contributed by atoms with van der Waals surface area (Å²) < 4.78 is 0.645. The molecule has 0 aliphatic heterocycles. The van der Waals surface area contributed by atoms with Gasteiger partial charge in [-0.05, 0) is 19.3 Å². The summed E-state index contributed by atoms with van der Waals surface area (Å²) in [6, 6.07) is -0.673. The van der Waals surface area contributed by atoms with Gasteiger partial charge in [-0.15, -0.1) is 25.3 Å². The van der Waals surface area contributed by atoms with Crippen molar-refractivity contribution in [1.82, 2.24) is 10.6 Å². The first-order chi connectivity index (χ1) is 7.43. The van der Waals surface area contributed by atoms with Crippen molar-refractivity contribution >= 4 is 64.3 Å². The number of aliphatic carboxylic acids is 1. The molecule has 0 spiro atoms. The van der Waals surface area contributed by atoms with Gasteiger partial charge in [-0.25, -0.2) is 4.79 Å². The number of hydrogen-bond acceptors (Lipinski definition) is 3. The molecule has 0 aromatic heterocycles. The summed E-state index contributed by atoms with van der Waals surface area (Å²) >= 11 is 17.1. The minimum Gasteiger partial charge on any atom is -0.480 e. The van der Waals surface area contributed by atoms with Crippen molar-refractivity contribution in [2.75, 3.05) is 6.54 Å². The van der Waals surface area contributed by atoms with Gasteiger partial charge >= 0.3 is 55.0 Å². The summed E-state index contributed by atoms with van der Waals surface area (Å²) in [4.78, 5) is 10.8. The summed E-state index contributed by atoms with van der Waals surface area (Å²) in [7, 11) is 0. The van der Waals surface area contributed by atoms with Crippen molar-refractivity contribution in [1.29, 1.82) is 0 Å². The summed E-state index contributed by atoms with van der Waals surface area (Å²) in [6.45, 7) is 0.694. The number of carboxylic acid groups (broad SMARTS) is 1. The molecule has 10 heteroatoms. The van der Waals surface area contributed by atoms with Gasteiger partial charge in [0.1, 0.15) is 14.7 Å². The van der Waals surface area contributed by atoms with E-state index in [0.29, 0.717) is 17.3 Å². The van der Waals surface area contributed by atoms with Crippen molar-refractivity contribution in [3.05, 3.63) is 0 Å². The smallest absolute Gasteiger partial charge is 0.480 e. The van der Waals surface area contributed by atoms with Crippen LogP contribution in [-0.4, -0.2) is 32.3 Å². The number of thiol groups is 2. The van der Waals surface area contributed by atoms with E-state index in [-0.39, 0.29) is 53.4 Å². The number of carboxylic acids is 1. The summed E-state index contributed by atoms with van der Waals surface area (Å²) in [5.41, 5.74) is 0. The first kappa shape index (κ1) is 24.6. The van der Waals surface area contributed by atoms with Crippen LogP contribution in [0.15, 0.2) is 0 Å². The molecule has 0 aliphatic carbocycles. The van der Waals surface area contributed by atoms with Gasteiger partial charge in [-0.3, -0.25) is 0 Å². The standard InChI is InChI=1S/C8H14N2O2S4.Na.Zn/c11-6(12)5(10-8(15)16)3-1-2-4-9-7(13)14;;/h5H,1-4H2,(H,11,12)(H2,9,13,14)(H2,10,15,16);;/q;+1;+2. The number of hydrogen-bond donors (Lipinski definition) is 5. The van der Waals surface area contributed by atoms with Gasteiger partial charge in [0.25, 0.3) is 0 Å². The quantitative estimate of drug-likeness (QED) is 0.154. The predicted octanol–water partition coefficient (Wildman–Crippen LogP) is -1.78. The molecule has 1 unspecified atom stereocenters. The zero-order valence-corrected chi connectivity index (χ0v) is 18.6. The van der Waals surface area contributed by atoms with Gasteiger partial charge in [0, 0.05) is 6.54 Å². The van der Waals surface area contributed by atoms with Crippen molar-refractivity contribution in [3.63, 3.8) is 0 Å². The zero-order chi connectivity index (χ0) is 12.6. The van der Waals surface area contributed by atoms with Crippen LogP contribution in [-0.2, 0) is 24.3 Å². The topological polar surface area (TPSA) is 61.4 Å². The van der Waals surface area contributed by atoms with E-state index in [9.17, 15) is 4.79 Å². The van der Waals surface area contributed by atoms with Crippen LogP contribution < -0.4 is 40.2 Å². The van der Waals surface area contributed by atoms with Crippen molar-refractivity contribution in [2.45, 2.75) is 25.3 Å². The Balaban J connectivity index is -0.00000112. The third-order valence-electron chi connectivity index (χ3n) is 1.79. The largest absolute Gasteiger partial charge is 2.00 e. The van der Waals surface area contributed by atoms with Crippen LogP contribution in [0.1, 0.15) is 19.3 Å². The maximum atomic E-state index is 10.8. The number of rotatable bonds is 7. The number of thiocarbonyl (C=S) groups is 2. The van der Waals surface area contributed by atoms with E-state index in [1.54, 1.807) is 0 Å². The van der Waals surface area contributed by atoms with Crippen LogP contribution in [0, 0.1) is 0 Å². The van der Waals surface area contributed by atoms with Gasteiger partial charge < -0.3 is 15.7 Å². The second kappa shape index (κ2) is 15.0. The van der Waals surface area contributed by atoms with Crippen LogP contribution in [0.3, 0.4) is 0 Å². The molecule has 0 aromatic rings. The molecule has 18 heavy (non-hydrogen) atoms. The molecule has 0 radical (unpaired) electrons. The molecular weight excluding hydrogens is 373 g/mol. The van der Waals surface area contributed by atoms with Gasteiger partial charge in [-0.1, -0.05) is 24.4 Å². The van der Waals surface area contributed by atoms with Gasteiger partial charge in [0.2, 0.25) is 0 Å². The van der Waals surface area contributed by atoms with E-state index >= 15 is 0 Å². The number of carbonyl (C=O) groups is 1. The van der Waals surface area contributed by atoms with Crippen LogP contribution in [0.2, 0.25) is 0 Å². The van der Waals surface area contributed by atoms with Crippen LogP contribution in [0.5, 0.6) is 0 Å². The van der Waals surface area contributed by atoms with Gasteiger partial charge in [-0.2, -0.15) is 0 Å². The van der Waals surface area contributed by atoms with Crippen molar-refractivity contribution in [2.24, 2.45) is 0 Å². The summed E-state index contributed by atoms with van der Waals surface area (Å²) in [5.74, 6) is -0.922. The summed E-state index contributed by atoms with van der Waals surface area (Å²) in [5, 5.41) is 14.4. The van der Waals surface area contributed by atoms with E-state index in [1.807, 2.05) is 0 Å². The molecule has 0 aliphatic rings. The Kier molecular flexibility index (Phi) is 20.4. The first-order valence-electron chi connectivity index (χ1n) is 4.62. The SMILES string of the molecule is O=C(O)C(CCCCNC(=S)S)NC(=S)S.[Na+].[Zn+2]. The second-order valence-electron chi connectivity index (χ2n) is 3.07. The maximum Gasteiger partial charge on any atom is 2.00 e. The minimum atomic E-state index is -0.922. The van der Waals surface area contributed by atoms with Crippen LogP contribution in [0.4, 0.5) is 0 Å². The fourth-order valence-electron chi connectivity index (χ4n) is 1.08. The van der Waals surface area contributed by atoms with Gasteiger partial charge in [0.05, 0.1) is 0 Å². The minimum absolute atomic E-state index is 0. The molecule has 1 atom stereocenters. The molecule has 4 nitrogen and oxygen atoms in total. The average Bonchev–Trinajstić information content (AvgIpc) is 2.14. The Bertz CT molecular complexity index is 284. The Labute approximate surface area is 164 Å². The molecule has 0 fully saturated rings. The molecule has 0 aromatic carbocycles. The molecule has 0 amide bonds. The van der Waals surface area contributed by atoms with E-state index < -0.39 is 12.0 Å². The van der Waals surface area contributed by atoms with E-state index in [4.69, 9.17) is 17.3 Å². The summed E-state index contributed by atoms with van der Waals surface area (Å²) in [6.07, 6.45) is 2.08. The van der Waals surface area contributed by atoms with E-state index in [1.165, 1.54) is 0 Å². The molecule has 0 heterocycles. The normalized spacial score (nSPS) is 10.3. The van der Waals surface area contributed by atoms with Crippen molar-refractivity contribution < 1.29 is 58.9 Å². The van der Waals surface area contributed by atoms with Crippen LogP contribution in [0.25, 0.3) is 0 Å². The Hall–Kier alpha value is 1.57. The average molecular weight is 387 g/mol. The van der Waals surface area contributed by atoms with Gasteiger partial charge in [0.15, 0.2) is 0 Å². The number of unbranched alkanes of at least 4 members (excludes halogenated alkanes) is 1. The molecule has 0 saturated heterocycles. The van der Waals surface area contributed by atoms with E-state index in [0.717, 1.165) is 12.8 Å². The third kappa shape index (κ3) is 15.6. The third-order valence-corrected chi connectivity index (χ3v) is 2.34. The second-order valence-corrected chi connectivity index (χ2v) is 5.38. The Morgan fingerprint density at radius 2 is 1.78 bits per heavy atom. The molecule has 3 N–H and O–H groups in total. The fraction of sp³-hybridized carbons (Fsp3) is 0.625. The molecule has 0 rings (SSSR count). The molecular formula is C8H14N2NaO2S4Zn+3. The molecule has 0 bridgehead atoms. The molecule has 0 saturated carbocycles. The van der Waals surface area contributed by atoms with E-state index in [2.05, 4.69) is 48.1 Å². The van der Waals surface area contributed by atoms with Crippen molar-refractivity contribution in [3.8, 4) is 0 Å². The fourth-order valence-corrected chi connectivity index (χ4v) is 1.59. The zero-order valence-electron chi connectivity index (χ0n) is 10.2. The van der Waals surface area contributed by atoms with Crippen LogP contribution >= 0.6 is 49.7 Å². The predicted molar refractivity (Wildman–Crippen MR) is 79.6 cm³/mol. The monoisotopic (exact) mass is 385 g/mol. The first-order valence-corrected chi connectivity index (χ1v) is 6.33. The Morgan fingerprint density at radius 1 is 1.22 bits per heavy atom. The number of nitrogens with one attached hydrogen (secondary N) is 2. The Morgan fingerprint density at radius 3 is 2.17 bits per heavy atom. The maximum absolute atomic E-state index is 10.8.